The van der Waals surface area contributed by atoms with E-state index in [4.69, 9.17) is 22.1 Å². The molecule has 2 N–H and O–H groups in total. The van der Waals surface area contributed by atoms with Gasteiger partial charge in [-0.25, -0.2) is 0 Å². The lowest BCUT2D eigenvalue weighted by Crippen LogP contribution is -2.02. The summed E-state index contributed by atoms with van der Waals surface area (Å²) in [5, 5.41) is 0.761. The van der Waals surface area contributed by atoms with Gasteiger partial charge in [-0.3, -0.25) is 0 Å². The van der Waals surface area contributed by atoms with Gasteiger partial charge in [0, 0.05) is 22.5 Å². The molecule has 0 amide bonds. The van der Waals surface area contributed by atoms with Crippen molar-refractivity contribution in [1.82, 2.24) is 0 Å². The second-order valence-electron chi connectivity index (χ2n) is 3.36. The first kappa shape index (κ1) is 11.6. The van der Waals surface area contributed by atoms with Gasteiger partial charge in [0.25, 0.3) is 0 Å². The Morgan fingerprint density at radius 1 is 1.50 bits per heavy atom. The Balaban J connectivity index is 0.000000980. The molecule has 4 heteroatoms. The number of halogens is 2. The molecule has 1 saturated carbocycles. The maximum atomic E-state index is 6.07. The van der Waals surface area contributed by atoms with Crippen LogP contribution in [0, 0.1) is 0 Å². The molecule has 0 aliphatic heterocycles. The number of benzene rings is 1. The van der Waals surface area contributed by atoms with Crippen molar-refractivity contribution in [3.05, 3.63) is 28.8 Å². The Bertz CT molecular complexity index is 330. The molecular weight excluding hydrogens is 221 g/mol. The normalized spacial score (nSPS) is 23.9. The molecule has 78 valence electrons. The predicted molar refractivity (Wildman–Crippen MR) is 60.6 cm³/mol. The van der Waals surface area contributed by atoms with Crippen molar-refractivity contribution in [1.29, 1.82) is 0 Å². The van der Waals surface area contributed by atoms with Gasteiger partial charge in [0.1, 0.15) is 5.75 Å². The van der Waals surface area contributed by atoms with Gasteiger partial charge < -0.3 is 10.5 Å². The second-order valence-corrected chi connectivity index (χ2v) is 3.77. The van der Waals surface area contributed by atoms with Crippen molar-refractivity contribution >= 4 is 24.0 Å². The van der Waals surface area contributed by atoms with Gasteiger partial charge >= 0.3 is 0 Å². The Morgan fingerprint density at radius 3 is 2.64 bits per heavy atom. The Hall–Kier alpha value is -0.440. The smallest absolute Gasteiger partial charge is 0.123 e. The third-order valence-electron chi connectivity index (χ3n) is 2.44. The first-order valence-corrected chi connectivity index (χ1v) is 4.70. The fourth-order valence-corrected chi connectivity index (χ4v) is 1.91. The van der Waals surface area contributed by atoms with Crippen molar-refractivity contribution in [3.63, 3.8) is 0 Å². The molecule has 0 bridgehead atoms. The molecule has 0 radical (unpaired) electrons. The fraction of sp³-hybridized carbons (Fsp3) is 0.400. The number of hydrogen-bond acceptors (Lipinski definition) is 2. The van der Waals surface area contributed by atoms with Crippen LogP contribution in [0.4, 0.5) is 0 Å². The van der Waals surface area contributed by atoms with E-state index in [-0.39, 0.29) is 18.4 Å². The van der Waals surface area contributed by atoms with Crippen LogP contribution in [0.5, 0.6) is 5.75 Å². The Labute approximate surface area is 94.8 Å². The molecule has 1 aliphatic rings. The molecule has 0 aromatic heterocycles. The molecular formula is C10H13Cl2NO. The largest absolute Gasteiger partial charge is 0.496 e. The van der Waals surface area contributed by atoms with Gasteiger partial charge in [-0.2, -0.15) is 0 Å². The summed E-state index contributed by atoms with van der Waals surface area (Å²) in [7, 11) is 1.66. The maximum absolute atomic E-state index is 6.07. The van der Waals surface area contributed by atoms with Gasteiger partial charge in [0.05, 0.1) is 7.11 Å². The highest BCUT2D eigenvalue weighted by molar-refractivity contribution is 6.31. The van der Waals surface area contributed by atoms with Gasteiger partial charge in [-0.15, -0.1) is 12.4 Å². The van der Waals surface area contributed by atoms with Crippen LogP contribution in [-0.4, -0.2) is 13.2 Å². The van der Waals surface area contributed by atoms with Crippen LogP contribution in [0.3, 0.4) is 0 Å². The summed E-state index contributed by atoms with van der Waals surface area (Å²) < 4.78 is 5.24. The first-order valence-electron chi connectivity index (χ1n) is 4.32. The van der Waals surface area contributed by atoms with E-state index < -0.39 is 0 Å². The van der Waals surface area contributed by atoms with Gasteiger partial charge in [-0.1, -0.05) is 17.7 Å². The van der Waals surface area contributed by atoms with E-state index in [1.165, 1.54) is 0 Å². The summed E-state index contributed by atoms with van der Waals surface area (Å²) >= 11 is 6.07. The molecule has 2 atom stereocenters. The number of ether oxygens (including phenoxy) is 1. The third kappa shape index (κ3) is 1.97. The minimum atomic E-state index is 0. The molecule has 0 spiro atoms. The van der Waals surface area contributed by atoms with Crippen molar-refractivity contribution < 1.29 is 4.74 Å². The highest BCUT2D eigenvalue weighted by Gasteiger charge is 2.38. The van der Waals surface area contributed by atoms with Gasteiger partial charge in [0.2, 0.25) is 0 Å². The zero-order valence-electron chi connectivity index (χ0n) is 7.87. The van der Waals surface area contributed by atoms with E-state index in [1.807, 2.05) is 18.2 Å². The van der Waals surface area contributed by atoms with Gasteiger partial charge in [-0.05, 0) is 18.6 Å². The van der Waals surface area contributed by atoms with E-state index in [2.05, 4.69) is 0 Å². The molecule has 0 saturated heterocycles. The summed E-state index contributed by atoms with van der Waals surface area (Å²) in [6, 6.07) is 5.95. The molecule has 2 rings (SSSR count). The van der Waals surface area contributed by atoms with Crippen molar-refractivity contribution in [2.24, 2.45) is 5.73 Å². The minimum absolute atomic E-state index is 0. The zero-order chi connectivity index (χ0) is 9.42. The third-order valence-corrected chi connectivity index (χ3v) is 2.77. The standard InChI is InChI=1S/C10H12ClNO.ClH/c1-13-9-4-2-3-7(11)10(9)6-5-8(6)12;/h2-4,6,8H,5,12H2,1H3;1H. The average Bonchev–Trinajstić information content (AvgIpc) is 2.82. The lowest BCUT2D eigenvalue weighted by atomic mass is 10.1. The second kappa shape index (κ2) is 4.39. The topological polar surface area (TPSA) is 35.2 Å². The summed E-state index contributed by atoms with van der Waals surface area (Å²) in [4.78, 5) is 0. The number of methoxy groups -OCH3 is 1. The molecule has 1 aromatic carbocycles. The SMILES string of the molecule is COc1cccc(Cl)c1C1CC1N.Cl. The summed E-state index contributed by atoms with van der Waals surface area (Å²) in [6.07, 6.45) is 1.01. The Morgan fingerprint density at radius 2 is 2.14 bits per heavy atom. The van der Waals surface area contributed by atoms with Crippen LogP contribution in [0.25, 0.3) is 0 Å². The maximum Gasteiger partial charge on any atom is 0.123 e. The average molecular weight is 234 g/mol. The monoisotopic (exact) mass is 233 g/mol. The van der Waals surface area contributed by atoms with Crippen LogP contribution in [0.2, 0.25) is 5.02 Å². The summed E-state index contributed by atoms with van der Waals surface area (Å²) in [6.45, 7) is 0. The highest BCUT2D eigenvalue weighted by atomic mass is 35.5. The first-order chi connectivity index (χ1) is 6.24. The Kier molecular flexibility index (Phi) is 3.65. The van der Waals surface area contributed by atoms with Crippen LogP contribution in [0.1, 0.15) is 17.9 Å². The van der Waals surface area contributed by atoms with Crippen LogP contribution >= 0.6 is 24.0 Å². The lowest BCUT2D eigenvalue weighted by Gasteiger charge is -2.08. The number of rotatable bonds is 2. The van der Waals surface area contributed by atoms with E-state index >= 15 is 0 Å². The van der Waals surface area contributed by atoms with E-state index in [0.29, 0.717) is 5.92 Å². The zero-order valence-corrected chi connectivity index (χ0v) is 9.44. The fourth-order valence-electron chi connectivity index (χ4n) is 1.60. The molecule has 1 fully saturated rings. The van der Waals surface area contributed by atoms with Crippen molar-refractivity contribution in [2.45, 2.75) is 18.4 Å². The molecule has 2 nitrogen and oxygen atoms in total. The van der Waals surface area contributed by atoms with Crippen LogP contribution in [0.15, 0.2) is 18.2 Å². The number of nitrogens with two attached hydrogens (primary N) is 1. The molecule has 2 unspecified atom stereocenters. The van der Waals surface area contributed by atoms with E-state index in [9.17, 15) is 0 Å². The molecule has 1 aromatic rings. The van der Waals surface area contributed by atoms with E-state index in [1.54, 1.807) is 7.11 Å². The quantitative estimate of drug-likeness (QED) is 0.853. The van der Waals surface area contributed by atoms with Crippen molar-refractivity contribution in [2.75, 3.05) is 7.11 Å². The summed E-state index contributed by atoms with van der Waals surface area (Å²) in [5.74, 6) is 1.24. The van der Waals surface area contributed by atoms with Crippen molar-refractivity contribution in [3.8, 4) is 5.75 Å². The summed E-state index contributed by atoms with van der Waals surface area (Å²) in [5.41, 5.74) is 6.85. The molecule has 1 aliphatic carbocycles. The van der Waals surface area contributed by atoms with Crippen LogP contribution < -0.4 is 10.5 Å². The predicted octanol–water partition coefficient (Wildman–Crippen LogP) is 2.59. The molecule has 0 heterocycles. The highest BCUT2D eigenvalue weighted by Crippen LogP contribution is 2.46. The lowest BCUT2D eigenvalue weighted by molar-refractivity contribution is 0.409. The number of hydrogen-bond donors (Lipinski definition) is 1. The molecule has 14 heavy (non-hydrogen) atoms. The van der Waals surface area contributed by atoms with E-state index in [0.717, 1.165) is 22.8 Å². The van der Waals surface area contributed by atoms with Crippen LogP contribution in [-0.2, 0) is 0 Å². The van der Waals surface area contributed by atoms with Gasteiger partial charge in [0.15, 0.2) is 0 Å². The minimum Gasteiger partial charge on any atom is -0.496 e.